The Bertz CT molecular complexity index is 378. The molecule has 15 heavy (non-hydrogen) atoms. The number of thiophene rings is 1. The SMILES string of the molecule is C#CCC(C)NCc1ccc(C(=O)O)s1. The van der Waals surface area contributed by atoms with Crippen LogP contribution in [0.1, 0.15) is 27.9 Å². The van der Waals surface area contributed by atoms with E-state index in [-0.39, 0.29) is 6.04 Å². The second-order valence-corrected chi connectivity index (χ2v) is 4.43. The van der Waals surface area contributed by atoms with Gasteiger partial charge in [-0.15, -0.1) is 23.7 Å². The van der Waals surface area contributed by atoms with E-state index in [1.54, 1.807) is 6.07 Å². The maximum absolute atomic E-state index is 10.6. The van der Waals surface area contributed by atoms with E-state index in [0.29, 0.717) is 17.8 Å². The van der Waals surface area contributed by atoms with Crippen LogP contribution in [0.15, 0.2) is 12.1 Å². The minimum atomic E-state index is -0.872. The zero-order valence-corrected chi connectivity index (χ0v) is 9.30. The standard InChI is InChI=1S/C11H13NO2S/c1-3-4-8(2)12-7-9-5-6-10(15-9)11(13)14/h1,5-6,8,12H,4,7H2,2H3,(H,13,14). The highest BCUT2D eigenvalue weighted by atomic mass is 32.1. The summed E-state index contributed by atoms with van der Waals surface area (Å²) in [6.07, 6.45) is 5.85. The molecule has 1 aromatic rings. The molecular weight excluding hydrogens is 210 g/mol. The van der Waals surface area contributed by atoms with E-state index in [2.05, 4.69) is 11.2 Å². The number of carbonyl (C=O) groups is 1. The van der Waals surface area contributed by atoms with Crippen molar-refractivity contribution in [2.75, 3.05) is 0 Å². The van der Waals surface area contributed by atoms with Gasteiger partial charge in [-0.2, -0.15) is 0 Å². The topological polar surface area (TPSA) is 49.3 Å². The fourth-order valence-electron chi connectivity index (χ4n) is 1.11. The summed E-state index contributed by atoms with van der Waals surface area (Å²) in [5.41, 5.74) is 0. The number of carboxylic acid groups (broad SMARTS) is 1. The van der Waals surface area contributed by atoms with Crippen molar-refractivity contribution in [3.05, 3.63) is 21.9 Å². The first kappa shape index (κ1) is 11.8. The van der Waals surface area contributed by atoms with Crippen LogP contribution >= 0.6 is 11.3 Å². The van der Waals surface area contributed by atoms with Gasteiger partial charge < -0.3 is 10.4 Å². The molecule has 1 rings (SSSR count). The third-order valence-electron chi connectivity index (χ3n) is 1.92. The number of nitrogens with one attached hydrogen (secondary N) is 1. The molecule has 4 heteroatoms. The molecule has 0 aliphatic rings. The lowest BCUT2D eigenvalue weighted by Crippen LogP contribution is -2.24. The maximum Gasteiger partial charge on any atom is 0.345 e. The molecule has 2 N–H and O–H groups in total. The van der Waals surface area contributed by atoms with Crippen LogP contribution < -0.4 is 5.32 Å². The smallest absolute Gasteiger partial charge is 0.345 e. The number of aromatic carboxylic acids is 1. The van der Waals surface area contributed by atoms with Crippen LogP contribution in [0, 0.1) is 12.3 Å². The van der Waals surface area contributed by atoms with Crippen molar-refractivity contribution in [1.29, 1.82) is 0 Å². The molecule has 0 aliphatic heterocycles. The van der Waals surface area contributed by atoms with Crippen LogP contribution in [-0.2, 0) is 6.54 Å². The van der Waals surface area contributed by atoms with Gasteiger partial charge in [0.15, 0.2) is 0 Å². The quantitative estimate of drug-likeness (QED) is 0.750. The molecule has 1 unspecified atom stereocenters. The monoisotopic (exact) mass is 223 g/mol. The third kappa shape index (κ3) is 3.74. The van der Waals surface area contributed by atoms with Crippen molar-refractivity contribution in [2.45, 2.75) is 25.9 Å². The van der Waals surface area contributed by atoms with Gasteiger partial charge in [-0.1, -0.05) is 0 Å². The van der Waals surface area contributed by atoms with E-state index in [1.165, 1.54) is 11.3 Å². The zero-order valence-electron chi connectivity index (χ0n) is 8.49. The molecule has 0 saturated heterocycles. The van der Waals surface area contributed by atoms with Gasteiger partial charge in [0.05, 0.1) is 0 Å². The highest BCUT2D eigenvalue weighted by Crippen LogP contribution is 2.16. The third-order valence-corrected chi connectivity index (χ3v) is 2.99. The lowest BCUT2D eigenvalue weighted by molar-refractivity contribution is 0.0702. The predicted molar refractivity (Wildman–Crippen MR) is 61.0 cm³/mol. The molecular formula is C11H13NO2S. The van der Waals surface area contributed by atoms with Gasteiger partial charge in [-0.05, 0) is 19.1 Å². The molecule has 80 valence electrons. The van der Waals surface area contributed by atoms with Crippen molar-refractivity contribution in [3.63, 3.8) is 0 Å². The van der Waals surface area contributed by atoms with Gasteiger partial charge in [0.1, 0.15) is 4.88 Å². The van der Waals surface area contributed by atoms with E-state index in [4.69, 9.17) is 11.5 Å². The minimum Gasteiger partial charge on any atom is -0.477 e. The van der Waals surface area contributed by atoms with E-state index in [0.717, 1.165) is 4.88 Å². The summed E-state index contributed by atoms with van der Waals surface area (Å²) in [7, 11) is 0. The number of hydrogen-bond acceptors (Lipinski definition) is 3. The molecule has 0 radical (unpaired) electrons. The molecule has 1 atom stereocenters. The van der Waals surface area contributed by atoms with Crippen LogP contribution in [0.3, 0.4) is 0 Å². The Balaban J connectivity index is 2.45. The summed E-state index contributed by atoms with van der Waals surface area (Å²) in [5, 5.41) is 12.0. The highest BCUT2D eigenvalue weighted by molar-refractivity contribution is 7.13. The largest absolute Gasteiger partial charge is 0.477 e. The first-order valence-electron chi connectivity index (χ1n) is 4.62. The summed E-state index contributed by atoms with van der Waals surface area (Å²) < 4.78 is 0. The van der Waals surface area contributed by atoms with Crippen LogP contribution in [0.25, 0.3) is 0 Å². The number of terminal acetylenes is 1. The molecule has 3 nitrogen and oxygen atoms in total. The van der Waals surface area contributed by atoms with Crippen molar-refractivity contribution in [1.82, 2.24) is 5.32 Å². The normalized spacial score (nSPS) is 12.0. The molecule has 0 saturated carbocycles. The second-order valence-electron chi connectivity index (χ2n) is 3.26. The molecule has 0 aliphatic carbocycles. The van der Waals surface area contributed by atoms with Crippen LogP contribution in [0.4, 0.5) is 0 Å². The van der Waals surface area contributed by atoms with Crippen molar-refractivity contribution < 1.29 is 9.90 Å². The number of carboxylic acids is 1. The van der Waals surface area contributed by atoms with E-state index < -0.39 is 5.97 Å². The van der Waals surface area contributed by atoms with Crippen molar-refractivity contribution >= 4 is 17.3 Å². The van der Waals surface area contributed by atoms with Crippen LogP contribution in [0.5, 0.6) is 0 Å². The van der Waals surface area contributed by atoms with Crippen molar-refractivity contribution in [3.8, 4) is 12.3 Å². The molecule has 0 aromatic carbocycles. The molecule has 0 bridgehead atoms. The van der Waals surface area contributed by atoms with Gasteiger partial charge in [-0.3, -0.25) is 0 Å². The van der Waals surface area contributed by atoms with Crippen molar-refractivity contribution in [2.24, 2.45) is 0 Å². The highest BCUT2D eigenvalue weighted by Gasteiger charge is 2.07. The van der Waals surface area contributed by atoms with Crippen LogP contribution in [0.2, 0.25) is 0 Å². The predicted octanol–water partition coefficient (Wildman–Crippen LogP) is 1.95. The van der Waals surface area contributed by atoms with Gasteiger partial charge in [-0.25, -0.2) is 4.79 Å². The molecule has 1 aromatic heterocycles. The second kappa shape index (κ2) is 5.54. The Hall–Kier alpha value is -1.31. The molecule has 0 amide bonds. The van der Waals surface area contributed by atoms with E-state index >= 15 is 0 Å². The molecule has 1 heterocycles. The zero-order chi connectivity index (χ0) is 11.3. The van der Waals surface area contributed by atoms with Gasteiger partial charge in [0, 0.05) is 23.9 Å². The molecule has 0 spiro atoms. The Morgan fingerprint density at radius 2 is 2.47 bits per heavy atom. The Morgan fingerprint density at radius 1 is 1.73 bits per heavy atom. The van der Waals surface area contributed by atoms with Gasteiger partial charge >= 0.3 is 5.97 Å². The first-order valence-corrected chi connectivity index (χ1v) is 5.44. The molecule has 0 fully saturated rings. The van der Waals surface area contributed by atoms with Gasteiger partial charge in [0.2, 0.25) is 0 Å². The number of hydrogen-bond donors (Lipinski definition) is 2. The lowest BCUT2D eigenvalue weighted by Gasteiger charge is -2.08. The summed E-state index contributed by atoms with van der Waals surface area (Å²) >= 11 is 1.29. The first-order chi connectivity index (χ1) is 7.13. The fourth-order valence-corrected chi connectivity index (χ4v) is 1.91. The summed E-state index contributed by atoms with van der Waals surface area (Å²) in [4.78, 5) is 12.0. The minimum absolute atomic E-state index is 0.255. The Kier molecular flexibility index (Phi) is 4.35. The van der Waals surface area contributed by atoms with E-state index in [9.17, 15) is 4.79 Å². The van der Waals surface area contributed by atoms with Gasteiger partial charge in [0.25, 0.3) is 0 Å². The lowest BCUT2D eigenvalue weighted by atomic mass is 10.2. The average Bonchev–Trinajstić information content (AvgIpc) is 2.63. The van der Waals surface area contributed by atoms with Crippen LogP contribution in [-0.4, -0.2) is 17.1 Å². The maximum atomic E-state index is 10.6. The average molecular weight is 223 g/mol. The number of rotatable bonds is 5. The summed E-state index contributed by atoms with van der Waals surface area (Å²) in [6, 6.07) is 3.70. The van der Waals surface area contributed by atoms with E-state index in [1.807, 2.05) is 13.0 Å². The fraction of sp³-hybridized carbons (Fsp3) is 0.364. The summed E-state index contributed by atoms with van der Waals surface area (Å²) in [5.74, 6) is 1.70. The Labute approximate surface area is 93.1 Å². The summed E-state index contributed by atoms with van der Waals surface area (Å²) in [6.45, 7) is 2.67. The Morgan fingerprint density at radius 3 is 3.00 bits per heavy atom.